The van der Waals surface area contributed by atoms with E-state index < -0.39 is 231 Å². The normalized spacial score (nSPS) is 27.5. The molecule has 12 rings (SSSR count). The largest absolute Gasteiger partial charge is 0.508 e. The van der Waals surface area contributed by atoms with E-state index in [1.807, 2.05) is 13.8 Å². The van der Waals surface area contributed by atoms with E-state index in [9.17, 15) is 74.7 Å². The molecule has 35 nitrogen and oxygen atoms in total. The van der Waals surface area contributed by atoms with Crippen molar-refractivity contribution in [3.8, 4) is 57.1 Å². The third kappa shape index (κ3) is 19.9. The SMILES string of the molecule is CCCCCCCC(=O)NCCN[C@@]1(C)C[C@H](O[C@H]2[C@H](Oc3c4cc5cc3Oc3ccc(cc3Cl)[C@@H](O)[C@@H](NC(=O)[C@@H](CC(C)C)NC)C(=O)N[C@@H](CC(N)=O)C(=O)N[C@H]5C(=O)N[C@H]3C(=O)N[C@H](C(=O)N[C@H](C(=O)O)c5cc(O)cc(O)c5-c5cc3ccc5O)[C@H](O)c3ccc(c(Cl)c3)O4)O[C@H](CN)[C@@H](O)[C@@H]2O)O[C@@H](C)[C@H]1O. The van der Waals surface area contributed by atoms with Gasteiger partial charge in [0.2, 0.25) is 59.3 Å². The maximum Gasteiger partial charge on any atom is 0.330 e. The summed E-state index contributed by atoms with van der Waals surface area (Å²) in [7, 11) is 1.48. The van der Waals surface area contributed by atoms with Gasteiger partial charge in [-0.05, 0) is 117 Å². The number of likely N-dealkylation sites (N-methyl/N-ethyl adjacent to an activating group) is 1. The molecule has 2 fully saturated rings. The number of nitrogens with two attached hydrogens (primary N) is 2. The fourth-order valence-corrected chi connectivity index (χ4v) is 14.7. The van der Waals surface area contributed by atoms with Gasteiger partial charge in [0, 0.05) is 60.8 Å². The first-order valence-corrected chi connectivity index (χ1v) is 37.7. The van der Waals surface area contributed by atoms with E-state index in [0.717, 1.165) is 92.4 Å². The van der Waals surface area contributed by atoms with Crippen molar-refractivity contribution in [1.82, 2.24) is 47.9 Å². The Hall–Kier alpha value is -9.73. The second-order valence-corrected chi connectivity index (χ2v) is 29.9. The Kier molecular flexibility index (Phi) is 28.1. The number of amides is 8. The summed E-state index contributed by atoms with van der Waals surface area (Å²) in [5.74, 6) is -16.0. The highest BCUT2D eigenvalue weighted by atomic mass is 35.5. The standard InChI is InChI=1S/C76H95Cl2N11O24/c1-7-8-9-10-11-12-53(94)82-19-20-83-76(5)30-54(108-33(4)67(76)99)112-66-64(98)63(97)51(31-79)111-75(66)113-65-49-25-37-26-50(65)110-48-18-15-36(24-42(48)78)62(96)60-73(105)87-58(74(106)107)40-27-38(90)28-46(92)55(40)39-22-34(13-16-45(39)91)56(70(102)89-60)86-71(103)57(37)85-69(101)44(29-52(80)93)84-72(104)59(88-68(100)43(81-6)21-32(2)3)61(95)35-14-17-47(109-49)41(77)23-35/h13-18,22-28,32-33,43-44,51,54,56-64,66-67,75,81,83,90-92,95-99H,7-12,19-21,29-31,79H2,1-6H3,(H2,80,93)(H,82,94)(H,84,104)(H,85,101)(H,86,103)(H,87,105)(H,88,100)(H,89,102)(H,106,107)/t33-,43+,44-,51+,54-,56+,57+,58-,59+,60-,61+,62+,63+,64-,66+,67+,75-,76-/m0/s1. The summed E-state index contributed by atoms with van der Waals surface area (Å²) in [5.41, 5.74) is 7.95. The predicted molar refractivity (Wildman–Crippen MR) is 401 cm³/mol. The lowest BCUT2D eigenvalue weighted by molar-refractivity contribution is -0.331. The van der Waals surface area contributed by atoms with Crippen LogP contribution in [-0.4, -0.2) is 205 Å². The van der Waals surface area contributed by atoms with Gasteiger partial charge in [0.1, 0.15) is 89.5 Å². The molecule has 37 heteroatoms. The number of aliphatic hydroxyl groups is 5. The number of carbonyl (C=O) groups is 9. The number of rotatable bonds is 23. The van der Waals surface area contributed by atoms with Crippen LogP contribution in [0.3, 0.4) is 0 Å². The molecule has 7 aliphatic rings. The number of halogens is 2. The van der Waals surface area contributed by atoms with Gasteiger partial charge < -0.3 is 134 Å². The molecule has 18 atom stereocenters. The number of ether oxygens (including phenoxy) is 6. The predicted octanol–water partition coefficient (Wildman–Crippen LogP) is 2.18. The summed E-state index contributed by atoms with van der Waals surface area (Å²) >= 11 is 14.3. The minimum atomic E-state index is -2.35. The number of aromatic hydroxyl groups is 3. The van der Waals surface area contributed by atoms with Crippen LogP contribution in [-0.2, 0) is 57.4 Å². The minimum Gasteiger partial charge on any atom is -0.508 e. The summed E-state index contributed by atoms with van der Waals surface area (Å²) in [5, 5.41) is 128. The second kappa shape index (κ2) is 37.0. The van der Waals surface area contributed by atoms with E-state index in [2.05, 4.69) is 54.8 Å². The molecular formula is C76H95Cl2N11O24. The molecule has 5 aromatic rings. The van der Waals surface area contributed by atoms with E-state index in [1.165, 1.54) is 19.2 Å². The van der Waals surface area contributed by atoms with Gasteiger partial charge in [0.15, 0.2) is 29.9 Å². The Bertz CT molecular complexity index is 4390. The maximum atomic E-state index is 16.2. The maximum absolute atomic E-state index is 16.2. The molecule has 0 saturated carbocycles. The average Bonchev–Trinajstić information content (AvgIpc) is 0.765. The molecule has 8 amide bonds. The van der Waals surface area contributed by atoms with Gasteiger partial charge >= 0.3 is 5.97 Å². The summed E-state index contributed by atoms with van der Waals surface area (Å²) in [4.78, 5) is 131. The van der Waals surface area contributed by atoms with Gasteiger partial charge in [0.25, 0.3) is 0 Å². The van der Waals surface area contributed by atoms with Crippen LogP contribution < -0.4 is 73.5 Å². The summed E-state index contributed by atoms with van der Waals surface area (Å²) in [6.07, 6.45) is -13.0. The highest BCUT2D eigenvalue weighted by Gasteiger charge is 2.52. The summed E-state index contributed by atoms with van der Waals surface area (Å²) < 4.78 is 39.5. The van der Waals surface area contributed by atoms with E-state index >= 15 is 14.4 Å². The number of unbranched alkanes of at least 4 members (excludes halogenated alkanes) is 4. The highest BCUT2D eigenvalue weighted by molar-refractivity contribution is 6.32. The van der Waals surface area contributed by atoms with Crippen molar-refractivity contribution >= 4 is 76.4 Å². The fourth-order valence-electron chi connectivity index (χ4n) is 14.2. The van der Waals surface area contributed by atoms with Crippen molar-refractivity contribution in [2.75, 3.05) is 26.7 Å². The number of phenols is 3. The monoisotopic (exact) mass is 1620 g/mol. The molecule has 11 bridgehead atoms. The zero-order valence-corrected chi connectivity index (χ0v) is 64.0. The number of aliphatic hydroxyl groups excluding tert-OH is 5. The molecule has 5 aromatic carbocycles. The first kappa shape index (κ1) is 85.7. The van der Waals surface area contributed by atoms with E-state index in [1.54, 1.807) is 13.8 Å². The third-order valence-corrected chi connectivity index (χ3v) is 20.9. The number of hydrogen-bond acceptors (Lipinski definition) is 26. The fraction of sp³-hybridized carbons (Fsp3) is 0.487. The van der Waals surface area contributed by atoms with Gasteiger partial charge in [-0.15, -0.1) is 0 Å². The Morgan fingerprint density at radius 1 is 0.699 bits per heavy atom. The molecule has 22 N–H and O–H groups in total. The van der Waals surface area contributed by atoms with Crippen LogP contribution in [0.4, 0.5) is 0 Å². The van der Waals surface area contributed by atoms with Crippen molar-refractivity contribution in [3.63, 3.8) is 0 Å². The van der Waals surface area contributed by atoms with Crippen LogP contribution >= 0.6 is 23.2 Å². The van der Waals surface area contributed by atoms with Gasteiger partial charge in [-0.25, -0.2) is 4.79 Å². The number of primary amides is 1. The lowest BCUT2D eigenvalue weighted by atomic mass is 9.85. The first-order chi connectivity index (χ1) is 53.6. The van der Waals surface area contributed by atoms with Gasteiger partial charge in [-0.2, -0.15) is 0 Å². The molecule has 7 aliphatic heterocycles. The van der Waals surface area contributed by atoms with Crippen LogP contribution in [0.5, 0.6) is 46.0 Å². The van der Waals surface area contributed by atoms with Crippen LogP contribution in [0.2, 0.25) is 10.0 Å². The number of aliphatic carboxylic acids is 1. The number of carboxylic acid groups (broad SMARTS) is 1. The molecule has 612 valence electrons. The van der Waals surface area contributed by atoms with Crippen molar-refractivity contribution in [3.05, 3.63) is 117 Å². The highest BCUT2D eigenvalue weighted by Crippen LogP contribution is 2.50. The average molecular weight is 1620 g/mol. The van der Waals surface area contributed by atoms with Crippen molar-refractivity contribution in [1.29, 1.82) is 0 Å². The molecule has 113 heavy (non-hydrogen) atoms. The Labute approximate surface area is 658 Å². The number of carboxylic acids is 1. The lowest BCUT2D eigenvalue weighted by Gasteiger charge is -2.48. The van der Waals surface area contributed by atoms with Gasteiger partial charge in [0.05, 0.1) is 34.7 Å². The van der Waals surface area contributed by atoms with E-state index in [4.69, 9.17) is 63.1 Å². The smallest absolute Gasteiger partial charge is 0.330 e. The van der Waals surface area contributed by atoms with Crippen LogP contribution in [0.15, 0.2) is 78.9 Å². The lowest BCUT2D eigenvalue weighted by Crippen LogP contribution is -2.66. The molecular weight excluding hydrogens is 1520 g/mol. The van der Waals surface area contributed by atoms with E-state index in [0.29, 0.717) is 12.8 Å². The van der Waals surface area contributed by atoms with Crippen molar-refractivity contribution in [2.24, 2.45) is 17.4 Å². The molecule has 2 saturated heterocycles. The van der Waals surface area contributed by atoms with Gasteiger partial charge in [-0.1, -0.05) is 87.9 Å². The zero-order valence-electron chi connectivity index (χ0n) is 62.4. The van der Waals surface area contributed by atoms with E-state index in [-0.39, 0.29) is 71.0 Å². The third-order valence-electron chi connectivity index (χ3n) is 20.3. The number of phenolic OH excluding ortho intramolecular Hbond substituents is 3. The Morgan fingerprint density at radius 2 is 1.33 bits per heavy atom. The second-order valence-electron chi connectivity index (χ2n) is 29.1. The molecule has 0 radical (unpaired) electrons. The van der Waals surface area contributed by atoms with Crippen LogP contribution in [0.1, 0.15) is 151 Å². The quantitative estimate of drug-likeness (QED) is 0.0417. The first-order valence-electron chi connectivity index (χ1n) is 36.9. The molecule has 0 spiro atoms. The van der Waals surface area contributed by atoms with Crippen LogP contribution in [0, 0.1) is 5.92 Å². The molecule has 0 aromatic heterocycles. The number of fused-ring (bicyclic) bond motifs is 15. The van der Waals surface area contributed by atoms with Crippen molar-refractivity contribution < 1.29 is 118 Å². The molecule has 7 heterocycles. The number of nitrogens with one attached hydrogen (secondary N) is 9. The number of carbonyl (C=O) groups excluding carboxylic acids is 8. The summed E-state index contributed by atoms with van der Waals surface area (Å²) in [6.45, 7) is 8.83. The Morgan fingerprint density at radius 3 is 1.95 bits per heavy atom. The Balaban J connectivity index is 1.17. The minimum absolute atomic E-state index is 0.102. The molecule has 0 unspecified atom stereocenters. The number of benzene rings is 5. The number of hydrogen-bond donors (Lipinski definition) is 20. The van der Waals surface area contributed by atoms with Crippen molar-refractivity contribution in [2.45, 2.75) is 202 Å². The van der Waals surface area contributed by atoms with Gasteiger partial charge in [-0.3, -0.25) is 38.4 Å². The topological polar surface area (TPSA) is 551 Å². The molecule has 0 aliphatic carbocycles. The van der Waals surface area contributed by atoms with Crippen LogP contribution in [0.25, 0.3) is 11.1 Å². The zero-order chi connectivity index (χ0) is 82.2. The summed E-state index contributed by atoms with van der Waals surface area (Å²) in [6, 6.07) is -0.492.